The van der Waals surface area contributed by atoms with Crippen molar-refractivity contribution in [3.8, 4) is 0 Å². The molecule has 0 atom stereocenters. The summed E-state index contributed by atoms with van der Waals surface area (Å²) >= 11 is 12.3. The number of carbonyl (C=O) groups is 1. The van der Waals surface area contributed by atoms with Crippen molar-refractivity contribution >= 4 is 40.6 Å². The average Bonchev–Trinajstić information content (AvgIpc) is 2.64. The van der Waals surface area contributed by atoms with Gasteiger partial charge in [0.25, 0.3) is 0 Å². The van der Waals surface area contributed by atoms with E-state index in [2.05, 4.69) is 5.32 Å². The SMILES string of the molecule is O=C(Nc1cccc(C(F)(F)F)c1)N1CCN(c2cccc(Cl)c2Cl)CC1. The fourth-order valence-corrected chi connectivity index (χ4v) is 3.28. The highest BCUT2D eigenvalue weighted by Crippen LogP contribution is 2.33. The maximum absolute atomic E-state index is 12.8. The molecule has 3 rings (SSSR count). The molecule has 0 aliphatic carbocycles. The summed E-state index contributed by atoms with van der Waals surface area (Å²) in [6.07, 6.45) is -4.46. The van der Waals surface area contributed by atoms with Gasteiger partial charge in [-0.1, -0.05) is 35.3 Å². The summed E-state index contributed by atoms with van der Waals surface area (Å²) in [5.74, 6) is 0. The van der Waals surface area contributed by atoms with Crippen LogP contribution in [0.5, 0.6) is 0 Å². The van der Waals surface area contributed by atoms with Crippen LogP contribution < -0.4 is 10.2 Å². The third-order valence-electron chi connectivity index (χ3n) is 4.28. The zero-order chi connectivity index (χ0) is 19.6. The molecule has 2 aromatic carbocycles. The lowest BCUT2D eigenvalue weighted by atomic mass is 10.2. The first-order chi connectivity index (χ1) is 12.8. The fraction of sp³-hybridized carbons (Fsp3) is 0.278. The van der Waals surface area contributed by atoms with E-state index in [0.29, 0.717) is 36.2 Å². The molecular formula is C18H16Cl2F3N3O. The number of piperazine rings is 1. The molecule has 0 unspecified atom stereocenters. The number of nitrogens with one attached hydrogen (secondary N) is 1. The summed E-state index contributed by atoms with van der Waals surface area (Å²) < 4.78 is 38.3. The monoisotopic (exact) mass is 417 g/mol. The summed E-state index contributed by atoms with van der Waals surface area (Å²) in [4.78, 5) is 15.9. The number of alkyl halides is 3. The summed E-state index contributed by atoms with van der Waals surface area (Å²) in [5, 5.41) is 3.44. The molecule has 2 aromatic rings. The number of hydrogen-bond donors (Lipinski definition) is 1. The molecule has 0 bridgehead atoms. The van der Waals surface area contributed by atoms with Crippen molar-refractivity contribution in [2.45, 2.75) is 6.18 Å². The predicted molar refractivity (Wildman–Crippen MR) is 101 cm³/mol. The Morgan fingerprint density at radius 1 is 1.00 bits per heavy atom. The van der Waals surface area contributed by atoms with Gasteiger partial charge in [-0.05, 0) is 30.3 Å². The molecule has 0 aromatic heterocycles. The maximum Gasteiger partial charge on any atom is 0.416 e. The minimum absolute atomic E-state index is 0.107. The average molecular weight is 418 g/mol. The van der Waals surface area contributed by atoms with E-state index in [-0.39, 0.29) is 5.69 Å². The molecular weight excluding hydrogens is 402 g/mol. The number of anilines is 2. The van der Waals surface area contributed by atoms with Gasteiger partial charge in [0.05, 0.1) is 21.3 Å². The first-order valence-electron chi connectivity index (χ1n) is 8.18. The summed E-state index contributed by atoms with van der Waals surface area (Å²) in [6.45, 7) is 1.90. The molecule has 2 amide bonds. The molecule has 0 radical (unpaired) electrons. The van der Waals surface area contributed by atoms with Gasteiger partial charge in [0.2, 0.25) is 0 Å². The minimum atomic E-state index is -4.46. The minimum Gasteiger partial charge on any atom is -0.367 e. The van der Waals surface area contributed by atoms with Crippen LogP contribution >= 0.6 is 23.2 Å². The van der Waals surface area contributed by atoms with Crippen LogP contribution in [0.4, 0.5) is 29.3 Å². The van der Waals surface area contributed by atoms with Crippen molar-refractivity contribution in [2.75, 3.05) is 36.4 Å². The zero-order valence-corrected chi connectivity index (χ0v) is 15.6. The van der Waals surface area contributed by atoms with Gasteiger partial charge in [-0.25, -0.2) is 4.79 Å². The normalized spacial score (nSPS) is 15.0. The third kappa shape index (κ3) is 4.59. The first kappa shape index (κ1) is 19.6. The van der Waals surface area contributed by atoms with Crippen molar-refractivity contribution in [3.05, 3.63) is 58.1 Å². The van der Waals surface area contributed by atoms with E-state index in [4.69, 9.17) is 23.2 Å². The number of hydrogen-bond acceptors (Lipinski definition) is 2. The van der Waals surface area contributed by atoms with Crippen LogP contribution in [0.15, 0.2) is 42.5 Å². The van der Waals surface area contributed by atoms with E-state index in [9.17, 15) is 18.0 Å². The van der Waals surface area contributed by atoms with Gasteiger partial charge in [0.15, 0.2) is 0 Å². The highest BCUT2D eigenvalue weighted by atomic mass is 35.5. The van der Waals surface area contributed by atoms with Crippen LogP contribution in [-0.2, 0) is 6.18 Å². The van der Waals surface area contributed by atoms with E-state index in [0.717, 1.165) is 17.8 Å². The van der Waals surface area contributed by atoms with Crippen LogP contribution in [-0.4, -0.2) is 37.1 Å². The number of carbonyl (C=O) groups excluding carboxylic acids is 1. The molecule has 27 heavy (non-hydrogen) atoms. The van der Waals surface area contributed by atoms with Gasteiger partial charge in [0, 0.05) is 31.9 Å². The molecule has 1 saturated heterocycles. The van der Waals surface area contributed by atoms with Crippen molar-refractivity contribution in [1.82, 2.24) is 4.90 Å². The van der Waals surface area contributed by atoms with Crippen LogP contribution in [0.25, 0.3) is 0 Å². The second kappa shape index (κ2) is 7.86. The van der Waals surface area contributed by atoms with E-state index >= 15 is 0 Å². The highest BCUT2D eigenvalue weighted by molar-refractivity contribution is 6.43. The van der Waals surface area contributed by atoms with Gasteiger partial charge in [-0.2, -0.15) is 13.2 Å². The molecule has 144 valence electrons. The Morgan fingerprint density at radius 2 is 1.67 bits per heavy atom. The standard InChI is InChI=1S/C18H16Cl2F3N3O/c19-14-5-2-6-15(16(14)20)25-7-9-26(10-8-25)17(27)24-13-4-1-3-12(11-13)18(21,22)23/h1-6,11H,7-10H2,(H,24,27). The quantitative estimate of drug-likeness (QED) is 0.712. The largest absolute Gasteiger partial charge is 0.416 e. The van der Waals surface area contributed by atoms with Gasteiger partial charge in [0.1, 0.15) is 0 Å². The third-order valence-corrected chi connectivity index (χ3v) is 5.09. The van der Waals surface area contributed by atoms with Crippen molar-refractivity contribution in [1.29, 1.82) is 0 Å². The number of amides is 2. The Morgan fingerprint density at radius 3 is 2.33 bits per heavy atom. The van der Waals surface area contributed by atoms with E-state index in [1.54, 1.807) is 17.0 Å². The Labute approximate surface area is 164 Å². The zero-order valence-electron chi connectivity index (χ0n) is 14.1. The van der Waals surface area contributed by atoms with Crippen LogP contribution in [0.2, 0.25) is 10.0 Å². The van der Waals surface area contributed by atoms with Crippen molar-refractivity contribution in [3.63, 3.8) is 0 Å². The smallest absolute Gasteiger partial charge is 0.367 e. The number of rotatable bonds is 2. The number of urea groups is 1. The lowest BCUT2D eigenvalue weighted by Crippen LogP contribution is -2.50. The van der Waals surface area contributed by atoms with Crippen LogP contribution in [0, 0.1) is 0 Å². The van der Waals surface area contributed by atoms with Crippen molar-refractivity contribution in [2.24, 2.45) is 0 Å². The van der Waals surface area contributed by atoms with Gasteiger partial charge < -0.3 is 15.1 Å². The molecule has 9 heteroatoms. The topological polar surface area (TPSA) is 35.6 Å². The number of nitrogens with zero attached hydrogens (tertiary/aromatic N) is 2. The first-order valence-corrected chi connectivity index (χ1v) is 8.93. The molecule has 4 nitrogen and oxygen atoms in total. The van der Waals surface area contributed by atoms with Gasteiger partial charge in [-0.3, -0.25) is 0 Å². The summed E-state index contributed by atoms with van der Waals surface area (Å²) in [7, 11) is 0. The highest BCUT2D eigenvalue weighted by Gasteiger charge is 2.30. The Balaban J connectivity index is 1.61. The fourth-order valence-electron chi connectivity index (χ4n) is 2.86. The molecule has 1 fully saturated rings. The molecule has 1 aliphatic heterocycles. The lowest BCUT2D eigenvalue weighted by molar-refractivity contribution is -0.137. The molecule has 1 aliphatic rings. The predicted octanol–water partition coefficient (Wildman–Crippen LogP) is 5.37. The molecule has 1 heterocycles. The molecule has 0 saturated carbocycles. The van der Waals surface area contributed by atoms with Crippen molar-refractivity contribution < 1.29 is 18.0 Å². The number of benzene rings is 2. The summed E-state index contributed by atoms with van der Waals surface area (Å²) in [6, 6.07) is 9.48. The second-order valence-corrected chi connectivity index (χ2v) is 6.84. The van der Waals surface area contributed by atoms with Gasteiger partial charge in [-0.15, -0.1) is 0 Å². The molecule has 1 N–H and O–H groups in total. The van der Waals surface area contributed by atoms with E-state index in [1.807, 2.05) is 11.0 Å². The van der Waals surface area contributed by atoms with E-state index in [1.165, 1.54) is 12.1 Å². The maximum atomic E-state index is 12.8. The summed E-state index contributed by atoms with van der Waals surface area (Å²) in [5.41, 5.74) is 0.0953. The Bertz CT molecular complexity index is 837. The Hall–Kier alpha value is -2.12. The number of halogens is 5. The van der Waals surface area contributed by atoms with Crippen LogP contribution in [0.3, 0.4) is 0 Å². The van der Waals surface area contributed by atoms with Gasteiger partial charge >= 0.3 is 12.2 Å². The van der Waals surface area contributed by atoms with E-state index < -0.39 is 17.8 Å². The lowest BCUT2D eigenvalue weighted by Gasteiger charge is -2.36. The molecule has 0 spiro atoms. The second-order valence-electron chi connectivity index (χ2n) is 6.06. The van der Waals surface area contributed by atoms with Crippen LogP contribution in [0.1, 0.15) is 5.56 Å². The Kier molecular flexibility index (Phi) is 5.72.